The molecule has 62 valence electrons. The normalized spacial score (nSPS) is 9.08. The Morgan fingerprint density at radius 2 is 2.33 bits per heavy atom. The molecule has 1 rings (SSSR count). The van der Waals surface area contributed by atoms with E-state index in [0.717, 1.165) is 15.8 Å². The van der Waals surface area contributed by atoms with Crippen LogP contribution in [0.5, 0.6) is 5.75 Å². The van der Waals surface area contributed by atoms with Gasteiger partial charge in [0, 0.05) is 16.5 Å². The molecule has 0 aliphatic rings. The highest BCUT2D eigenvalue weighted by Crippen LogP contribution is 2.23. The van der Waals surface area contributed by atoms with Crippen LogP contribution in [0.2, 0.25) is 0 Å². The fourth-order valence-electron chi connectivity index (χ4n) is 0.974. The van der Waals surface area contributed by atoms with Gasteiger partial charge in [-0.05, 0) is 12.1 Å². The highest BCUT2D eigenvalue weighted by Gasteiger charge is 2.00. The first-order valence-electron chi connectivity index (χ1n) is 3.54. The van der Waals surface area contributed by atoms with Crippen LogP contribution in [-0.4, -0.2) is 7.11 Å². The van der Waals surface area contributed by atoms with Gasteiger partial charge >= 0.3 is 0 Å². The number of terminal acetylenes is 1. The summed E-state index contributed by atoms with van der Waals surface area (Å²) in [5.41, 5.74) is 1.04. The molecule has 0 aromatic heterocycles. The molecule has 0 radical (unpaired) electrons. The summed E-state index contributed by atoms with van der Waals surface area (Å²) in [5, 5.41) is 0. The third-order valence-electron chi connectivity index (χ3n) is 1.54. The third-order valence-corrected chi connectivity index (χ3v) is 2.03. The van der Waals surface area contributed by atoms with Crippen LogP contribution in [0.3, 0.4) is 0 Å². The van der Waals surface area contributed by atoms with Crippen molar-refractivity contribution in [3.05, 3.63) is 28.2 Å². The van der Waals surface area contributed by atoms with Crippen molar-refractivity contribution in [1.29, 1.82) is 0 Å². The number of benzene rings is 1. The Bertz CT molecular complexity index is 312. The van der Waals surface area contributed by atoms with Gasteiger partial charge in [0.25, 0.3) is 0 Å². The van der Waals surface area contributed by atoms with Gasteiger partial charge in [-0.3, -0.25) is 0 Å². The quantitative estimate of drug-likeness (QED) is 0.703. The van der Waals surface area contributed by atoms with Gasteiger partial charge < -0.3 is 4.74 Å². The maximum Gasteiger partial charge on any atom is 0.124 e. The maximum absolute atomic E-state index is 5.20. The van der Waals surface area contributed by atoms with E-state index in [4.69, 9.17) is 11.2 Å². The molecule has 0 spiro atoms. The van der Waals surface area contributed by atoms with Crippen LogP contribution in [0.15, 0.2) is 22.7 Å². The summed E-state index contributed by atoms with van der Waals surface area (Å²) in [7, 11) is 1.64. The predicted molar refractivity (Wildman–Crippen MR) is 53.2 cm³/mol. The Hall–Kier alpha value is -0.940. The zero-order chi connectivity index (χ0) is 8.97. The first-order chi connectivity index (χ1) is 5.77. The van der Waals surface area contributed by atoms with Gasteiger partial charge in [0.05, 0.1) is 7.11 Å². The number of rotatable bonds is 2. The average molecular weight is 225 g/mol. The Labute approximate surface area is 80.9 Å². The van der Waals surface area contributed by atoms with E-state index in [2.05, 4.69) is 21.9 Å². The molecule has 0 aliphatic heterocycles. The van der Waals surface area contributed by atoms with E-state index >= 15 is 0 Å². The molecule has 1 nitrogen and oxygen atoms in total. The van der Waals surface area contributed by atoms with Gasteiger partial charge in [0.1, 0.15) is 5.75 Å². The molecule has 0 unspecified atom stereocenters. The first kappa shape index (κ1) is 9.15. The summed E-state index contributed by atoms with van der Waals surface area (Å²) >= 11 is 3.36. The predicted octanol–water partition coefficient (Wildman–Crippen LogP) is 2.63. The molecule has 12 heavy (non-hydrogen) atoms. The van der Waals surface area contributed by atoms with Crippen molar-refractivity contribution < 1.29 is 4.74 Å². The molecule has 0 atom stereocenters. The lowest BCUT2D eigenvalue weighted by Crippen LogP contribution is -1.90. The van der Waals surface area contributed by atoms with E-state index in [9.17, 15) is 0 Å². The summed E-state index contributed by atoms with van der Waals surface area (Å²) in [4.78, 5) is 0. The largest absolute Gasteiger partial charge is 0.496 e. The molecule has 0 saturated heterocycles. The van der Waals surface area contributed by atoms with Crippen molar-refractivity contribution in [2.75, 3.05) is 7.11 Å². The molecule has 1 aromatic carbocycles. The first-order valence-corrected chi connectivity index (χ1v) is 4.33. The maximum atomic E-state index is 5.20. The van der Waals surface area contributed by atoms with Crippen LogP contribution in [0.25, 0.3) is 0 Å². The van der Waals surface area contributed by atoms with Crippen molar-refractivity contribution in [2.24, 2.45) is 0 Å². The van der Waals surface area contributed by atoms with Crippen LogP contribution >= 0.6 is 15.9 Å². The van der Waals surface area contributed by atoms with Crippen LogP contribution < -0.4 is 4.74 Å². The van der Waals surface area contributed by atoms with Gasteiger partial charge in [0.15, 0.2) is 0 Å². The van der Waals surface area contributed by atoms with Crippen molar-refractivity contribution in [3.63, 3.8) is 0 Å². The Morgan fingerprint density at radius 3 is 2.92 bits per heavy atom. The minimum Gasteiger partial charge on any atom is -0.496 e. The Kier molecular flexibility index (Phi) is 3.19. The zero-order valence-corrected chi connectivity index (χ0v) is 8.39. The van der Waals surface area contributed by atoms with E-state index in [1.165, 1.54) is 0 Å². The number of methoxy groups -OCH3 is 1. The van der Waals surface area contributed by atoms with Crippen molar-refractivity contribution in [2.45, 2.75) is 6.42 Å². The SMILES string of the molecule is C#CCc1ccc(Br)cc1OC. The molecular weight excluding hydrogens is 216 g/mol. The monoisotopic (exact) mass is 224 g/mol. The number of ether oxygens (including phenoxy) is 1. The van der Waals surface area contributed by atoms with Crippen LogP contribution in [0, 0.1) is 12.3 Å². The van der Waals surface area contributed by atoms with Crippen LogP contribution in [0.4, 0.5) is 0 Å². The highest BCUT2D eigenvalue weighted by atomic mass is 79.9. The lowest BCUT2D eigenvalue weighted by atomic mass is 10.1. The second-order valence-corrected chi connectivity index (χ2v) is 3.25. The second kappa shape index (κ2) is 4.18. The van der Waals surface area contributed by atoms with Crippen molar-refractivity contribution >= 4 is 15.9 Å². The summed E-state index contributed by atoms with van der Waals surface area (Å²) in [6.45, 7) is 0. The lowest BCUT2D eigenvalue weighted by molar-refractivity contribution is 0.410. The van der Waals surface area contributed by atoms with Gasteiger partial charge in [0.2, 0.25) is 0 Å². The Morgan fingerprint density at radius 1 is 1.58 bits per heavy atom. The number of halogens is 1. The molecule has 0 fully saturated rings. The van der Waals surface area contributed by atoms with Crippen molar-refractivity contribution in [3.8, 4) is 18.1 Å². The topological polar surface area (TPSA) is 9.23 Å². The number of hydrogen-bond donors (Lipinski definition) is 0. The van der Waals surface area contributed by atoms with Gasteiger partial charge in [-0.2, -0.15) is 0 Å². The summed E-state index contributed by atoms with van der Waals surface area (Å²) in [6, 6.07) is 5.82. The average Bonchev–Trinajstić information content (AvgIpc) is 2.08. The summed E-state index contributed by atoms with van der Waals surface area (Å²) < 4.78 is 6.15. The minimum atomic E-state index is 0.608. The summed E-state index contributed by atoms with van der Waals surface area (Å²) in [6.07, 6.45) is 5.81. The van der Waals surface area contributed by atoms with Gasteiger partial charge in [-0.25, -0.2) is 0 Å². The smallest absolute Gasteiger partial charge is 0.124 e. The van der Waals surface area contributed by atoms with E-state index < -0.39 is 0 Å². The van der Waals surface area contributed by atoms with Gasteiger partial charge in [-0.15, -0.1) is 12.3 Å². The van der Waals surface area contributed by atoms with Gasteiger partial charge in [-0.1, -0.05) is 22.0 Å². The van der Waals surface area contributed by atoms with E-state index in [1.54, 1.807) is 7.11 Å². The van der Waals surface area contributed by atoms with E-state index in [-0.39, 0.29) is 0 Å². The van der Waals surface area contributed by atoms with Crippen LogP contribution in [0.1, 0.15) is 5.56 Å². The standard InChI is InChI=1S/C10H9BrO/c1-3-4-8-5-6-9(11)7-10(8)12-2/h1,5-7H,4H2,2H3. The molecule has 0 saturated carbocycles. The molecule has 2 heteroatoms. The number of hydrogen-bond acceptors (Lipinski definition) is 1. The molecular formula is C10H9BrO. The zero-order valence-electron chi connectivity index (χ0n) is 6.80. The van der Waals surface area contributed by atoms with Crippen LogP contribution in [-0.2, 0) is 6.42 Å². The van der Waals surface area contributed by atoms with Crippen molar-refractivity contribution in [1.82, 2.24) is 0 Å². The third kappa shape index (κ3) is 2.02. The summed E-state index contributed by atoms with van der Waals surface area (Å²) in [5.74, 6) is 3.42. The molecule has 0 aliphatic carbocycles. The Balaban J connectivity index is 3.04. The second-order valence-electron chi connectivity index (χ2n) is 2.34. The fourth-order valence-corrected chi connectivity index (χ4v) is 1.31. The molecule has 1 aromatic rings. The molecule has 0 N–H and O–H groups in total. The minimum absolute atomic E-state index is 0.608. The van der Waals surface area contributed by atoms with E-state index in [0.29, 0.717) is 6.42 Å². The fraction of sp³-hybridized carbons (Fsp3) is 0.200. The molecule has 0 heterocycles. The highest BCUT2D eigenvalue weighted by molar-refractivity contribution is 9.10. The molecule has 0 bridgehead atoms. The van der Waals surface area contributed by atoms with E-state index in [1.807, 2.05) is 18.2 Å². The lowest BCUT2D eigenvalue weighted by Gasteiger charge is -2.05. The molecule has 0 amide bonds.